The van der Waals surface area contributed by atoms with Gasteiger partial charge in [-0.2, -0.15) is 0 Å². The average molecular weight is 435 g/mol. The molecular formula is C25H26FN3O3. The summed E-state index contributed by atoms with van der Waals surface area (Å²) in [5.41, 5.74) is 9.00. The van der Waals surface area contributed by atoms with E-state index in [9.17, 15) is 14.0 Å². The molecule has 32 heavy (non-hydrogen) atoms. The molecule has 1 saturated heterocycles. The molecule has 0 bridgehead atoms. The highest BCUT2D eigenvalue weighted by Crippen LogP contribution is 2.30. The Morgan fingerprint density at radius 3 is 2.66 bits per heavy atom. The van der Waals surface area contributed by atoms with Crippen molar-refractivity contribution in [2.45, 2.75) is 32.6 Å². The lowest BCUT2D eigenvalue weighted by molar-refractivity contribution is -0.134. The minimum Gasteiger partial charge on any atom is -0.483 e. The largest absolute Gasteiger partial charge is 0.483 e. The van der Waals surface area contributed by atoms with E-state index in [4.69, 9.17) is 10.5 Å². The summed E-state index contributed by atoms with van der Waals surface area (Å²) >= 11 is 0. The summed E-state index contributed by atoms with van der Waals surface area (Å²) in [6, 6.07) is 11.7. The maximum atomic E-state index is 13.6. The number of para-hydroxylation sites is 1. The first kappa shape index (κ1) is 21.7. The van der Waals surface area contributed by atoms with Gasteiger partial charge < -0.3 is 15.4 Å². The van der Waals surface area contributed by atoms with Crippen LogP contribution in [0.1, 0.15) is 45.9 Å². The zero-order valence-corrected chi connectivity index (χ0v) is 18.2. The van der Waals surface area contributed by atoms with Crippen molar-refractivity contribution in [2.75, 3.05) is 19.7 Å². The summed E-state index contributed by atoms with van der Waals surface area (Å²) in [6.07, 6.45) is 1.56. The van der Waals surface area contributed by atoms with Crippen LogP contribution in [-0.2, 0) is 4.79 Å². The Kier molecular flexibility index (Phi) is 6.08. The predicted octanol–water partition coefficient (Wildman–Crippen LogP) is 3.87. The summed E-state index contributed by atoms with van der Waals surface area (Å²) < 4.78 is 19.4. The smallest absolute Gasteiger partial charge is 0.260 e. The number of carbonyl (C=O) groups is 2. The van der Waals surface area contributed by atoms with Crippen LogP contribution >= 0.6 is 0 Å². The number of nitrogens with zero attached hydrogens (tertiary/aromatic N) is 2. The monoisotopic (exact) mass is 435 g/mol. The zero-order chi connectivity index (χ0) is 22.8. The van der Waals surface area contributed by atoms with Gasteiger partial charge in [-0.25, -0.2) is 4.39 Å². The molecule has 1 fully saturated rings. The third kappa shape index (κ3) is 4.42. The highest BCUT2D eigenvalue weighted by Gasteiger charge is 2.29. The van der Waals surface area contributed by atoms with Crippen molar-refractivity contribution in [1.82, 2.24) is 9.88 Å². The Balaban J connectivity index is 1.54. The third-order valence-corrected chi connectivity index (χ3v) is 5.98. The van der Waals surface area contributed by atoms with Crippen LogP contribution in [0.3, 0.4) is 0 Å². The number of nitrogens with two attached hydrogens (primary N) is 1. The molecule has 1 aromatic heterocycles. The molecule has 0 aliphatic carbocycles. The van der Waals surface area contributed by atoms with Gasteiger partial charge in [-0.1, -0.05) is 18.2 Å². The van der Waals surface area contributed by atoms with Gasteiger partial charge in [-0.15, -0.1) is 0 Å². The average Bonchev–Trinajstić information content (AvgIpc) is 2.77. The van der Waals surface area contributed by atoms with Crippen LogP contribution < -0.4 is 10.5 Å². The molecule has 3 aromatic rings. The summed E-state index contributed by atoms with van der Waals surface area (Å²) in [6.45, 7) is 4.90. The Morgan fingerprint density at radius 2 is 1.94 bits per heavy atom. The topological polar surface area (TPSA) is 85.5 Å². The second-order valence-electron chi connectivity index (χ2n) is 8.31. The van der Waals surface area contributed by atoms with Gasteiger partial charge in [0.15, 0.2) is 6.61 Å². The van der Waals surface area contributed by atoms with E-state index in [0.29, 0.717) is 29.7 Å². The van der Waals surface area contributed by atoms with E-state index in [1.165, 1.54) is 12.1 Å². The molecule has 2 heterocycles. The van der Waals surface area contributed by atoms with Gasteiger partial charge in [0.1, 0.15) is 11.6 Å². The Labute approximate surface area is 186 Å². The van der Waals surface area contributed by atoms with Crippen molar-refractivity contribution in [1.29, 1.82) is 0 Å². The van der Waals surface area contributed by atoms with Crippen LogP contribution in [0.2, 0.25) is 0 Å². The molecule has 1 aliphatic heterocycles. The number of carbonyl (C=O) groups excluding carboxylic acids is 2. The summed E-state index contributed by atoms with van der Waals surface area (Å²) in [7, 11) is 0. The van der Waals surface area contributed by atoms with E-state index in [-0.39, 0.29) is 24.0 Å². The van der Waals surface area contributed by atoms with Gasteiger partial charge >= 0.3 is 0 Å². The maximum Gasteiger partial charge on any atom is 0.260 e. The van der Waals surface area contributed by atoms with Gasteiger partial charge in [0.05, 0.1) is 16.8 Å². The summed E-state index contributed by atoms with van der Waals surface area (Å²) in [4.78, 5) is 31.4. The number of aryl methyl sites for hydroxylation is 2. The number of halogens is 1. The molecule has 2 N–H and O–H groups in total. The molecule has 0 radical (unpaired) electrons. The van der Waals surface area contributed by atoms with Gasteiger partial charge in [-0.05, 0) is 62.1 Å². The Hall–Kier alpha value is -3.48. The summed E-state index contributed by atoms with van der Waals surface area (Å²) in [5.74, 6) is -0.527. The SMILES string of the molecule is Cc1cccc(C)c1OCC(=O)N1CCC[C@H](c2nc3ccc(F)cc3cc2C(N)=O)C1. The first-order valence-corrected chi connectivity index (χ1v) is 10.7. The number of primary amides is 1. The fraction of sp³-hybridized carbons (Fsp3) is 0.320. The lowest BCUT2D eigenvalue weighted by Gasteiger charge is -2.33. The lowest BCUT2D eigenvalue weighted by atomic mass is 9.90. The van der Waals surface area contributed by atoms with E-state index in [0.717, 1.165) is 29.7 Å². The van der Waals surface area contributed by atoms with Crippen LogP contribution in [0.25, 0.3) is 10.9 Å². The minimum atomic E-state index is -0.611. The zero-order valence-electron chi connectivity index (χ0n) is 18.2. The van der Waals surface area contributed by atoms with Crippen LogP contribution in [-0.4, -0.2) is 41.4 Å². The molecular weight excluding hydrogens is 409 g/mol. The molecule has 2 aromatic carbocycles. The number of hydrogen-bond donors (Lipinski definition) is 1. The number of amides is 2. The molecule has 0 saturated carbocycles. The van der Waals surface area contributed by atoms with E-state index in [2.05, 4.69) is 4.98 Å². The van der Waals surface area contributed by atoms with Gasteiger partial charge in [0.25, 0.3) is 11.8 Å². The fourth-order valence-corrected chi connectivity index (χ4v) is 4.35. The second kappa shape index (κ2) is 8.94. The second-order valence-corrected chi connectivity index (χ2v) is 8.31. The van der Waals surface area contributed by atoms with Crippen molar-refractivity contribution in [3.8, 4) is 5.75 Å². The Morgan fingerprint density at radius 1 is 1.19 bits per heavy atom. The Bertz CT molecular complexity index is 1170. The number of benzene rings is 2. The number of rotatable bonds is 5. The standard InChI is InChI=1S/C25H26FN3O3/c1-15-5-3-6-16(2)24(15)32-14-22(30)29-10-4-7-17(13-29)23-20(25(27)31)12-18-11-19(26)8-9-21(18)28-23/h3,5-6,8-9,11-12,17H,4,7,10,13-14H2,1-2H3,(H2,27,31)/t17-/m0/s1. The van der Waals surface area contributed by atoms with Crippen molar-refractivity contribution < 1.29 is 18.7 Å². The van der Waals surface area contributed by atoms with Crippen molar-refractivity contribution in [3.63, 3.8) is 0 Å². The minimum absolute atomic E-state index is 0.0501. The first-order valence-electron chi connectivity index (χ1n) is 10.7. The first-order chi connectivity index (χ1) is 15.3. The van der Waals surface area contributed by atoms with E-state index < -0.39 is 11.7 Å². The molecule has 1 atom stereocenters. The number of likely N-dealkylation sites (tertiary alicyclic amines) is 1. The molecule has 6 nitrogen and oxygen atoms in total. The van der Waals surface area contributed by atoms with Crippen molar-refractivity contribution >= 4 is 22.7 Å². The quantitative estimate of drug-likeness (QED) is 0.659. The predicted molar refractivity (Wildman–Crippen MR) is 120 cm³/mol. The van der Waals surface area contributed by atoms with Gasteiger partial charge in [0.2, 0.25) is 0 Å². The third-order valence-electron chi connectivity index (χ3n) is 5.98. The number of aromatic nitrogens is 1. The van der Waals surface area contributed by atoms with Crippen LogP contribution in [0, 0.1) is 19.7 Å². The van der Waals surface area contributed by atoms with Crippen LogP contribution in [0.5, 0.6) is 5.75 Å². The number of pyridine rings is 1. The molecule has 4 rings (SSSR count). The van der Waals surface area contributed by atoms with Gasteiger partial charge in [0, 0.05) is 24.4 Å². The molecule has 1 aliphatic rings. The van der Waals surface area contributed by atoms with E-state index >= 15 is 0 Å². The number of hydrogen-bond acceptors (Lipinski definition) is 4. The van der Waals surface area contributed by atoms with Gasteiger partial charge in [-0.3, -0.25) is 14.6 Å². The maximum absolute atomic E-state index is 13.6. The molecule has 0 unspecified atom stereocenters. The molecule has 7 heteroatoms. The van der Waals surface area contributed by atoms with E-state index in [1.807, 2.05) is 32.0 Å². The number of piperidine rings is 1. The van der Waals surface area contributed by atoms with Crippen LogP contribution in [0.4, 0.5) is 4.39 Å². The van der Waals surface area contributed by atoms with Crippen molar-refractivity contribution in [3.05, 3.63) is 70.7 Å². The van der Waals surface area contributed by atoms with E-state index in [1.54, 1.807) is 17.0 Å². The molecule has 2 amide bonds. The summed E-state index contributed by atoms with van der Waals surface area (Å²) in [5, 5.41) is 0.522. The fourth-order valence-electron chi connectivity index (χ4n) is 4.35. The highest BCUT2D eigenvalue weighted by atomic mass is 19.1. The number of ether oxygens (including phenoxy) is 1. The normalized spacial score (nSPS) is 16.2. The molecule has 0 spiro atoms. The number of fused-ring (bicyclic) bond motifs is 1. The highest BCUT2D eigenvalue weighted by molar-refractivity contribution is 5.98. The van der Waals surface area contributed by atoms with Crippen LogP contribution in [0.15, 0.2) is 42.5 Å². The van der Waals surface area contributed by atoms with Crippen molar-refractivity contribution in [2.24, 2.45) is 5.73 Å². The lowest BCUT2D eigenvalue weighted by Crippen LogP contribution is -2.42. The molecule has 166 valence electrons.